The summed E-state index contributed by atoms with van der Waals surface area (Å²) >= 11 is 0. The number of hydrogen-bond donors (Lipinski definition) is 2. The van der Waals surface area contributed by atoms with E-state index in [1.54, 1.807) is 24.3 Å². The van der Waals surface area contributed by atoms with E-state index in [1.807, 2.05) is 24.3 Å². The van der Waals surface area contributed by atoms with Crippen molar-refractivity contribution in [3.63, 3.8) is 0 Å². The summed E-state index contributed by atoms with van der Waals surface area (Å²) in [4.78, 5) is 11.5. The third kappa shape index (κ3) is 3.01. The van der Waals surface area contributed by atoms with Crippen LogP contribution in [0.15, 0.2) is 48.0 Å². The fourth-order valence-corrected chi connectivity index (χ4v) is 6.55. The van der Waals surface area contributed by atoms with E-state index in [2.05, 4.69) is 6.92 Å². The number of hydrogen-bond acceptors (Lipinski definition) is 2. The van der Waals surface area contributed by atoms with E-state index in [4.69, 9.17) is 5.73 Å². The van der Waals surface area contributed by atoms with E-state index >= 15 is 0 Å². The molecule has 2 aromatic carbocycles. The average Bonchev–Trinajstić information content (AvgIpc) is 2.98. The predicted molar refractivity (Wildman–Crippen MR) is 115 cm³/mol. The molecule has 1 amide bonds. The van der Waals surface area contributed by atoms with Crippen molar-refractivity contribution < 1.29 is 14.3 Å². The van der Waals surface area contributed by atoms with Crippen molar-refractivity contribution >= 4 is 12.0 Å². The van der Waals surface area contributed by atoms with Crippen LogP contribution in [0.1, 0.15) is 65.6 Å². The van der Waals surface area contributed by atoms with Crippen molar-refractivity contribution in [3.8, 4) is 0 Å². The molecule has 5 unspecified atom stereocenters. The minimum atomic E-state index is -0.477. The number of carbonyl (C=O) groups is 1. The lowest BCUT2D eigenvalue weighted by Crippen LogP contribution is -2.44. The van der Waals surface area contributed by atoms with Crippen molar-refractivity contribution in [1.82, 2.24) is 0 Å². The van der Waals surface area contributed by atoms with E-state index in [0.29, 0.717) is 23.3 Å². The molecule has 3 aliphatic rings. The number of aliphatic hydroxyl groups is 1. The molecule has 30 heavy (non-hydrogen) atoms. The Bertz CT molecular complexity index is 1050. The molecule has 3 N–H and O–H groups in total. The van der Waals surface area contributed by atoms with Crippen molar-refractivity contribution in [2.45, 2.75) is 51.0 Å². The Hall–Kier alpha value is -2.46. The first kappa shape index (κ1) is 19.5. The topological polar surface area (TPSA) is 63.3 Å². The number of halogens is 1. The highest BCUT2D eigenvalue weighted by Gasteiger charge is 2.56. The average molecular weight is 406 g/mol. The number of aliphatic hydroxyl groups excluding tert-OH is 1. The summed E-state index contributed by atoms with van der Waals surface area (Å²) in [5, 5.41) is 11.3. The summed E-state index contributed by atoms with van der Waals surface area (Å²) in [5.41, 5.74) is 10.2. The van der Waals surface area contributed by atoms with Crippen LogP contribution < -0.4 is 5.73 Å². The third-order valence-corrected chi connectivity index (χ3v) is 8.08. The fourth-order valence-electron chi connectivity index (χ4n) is 6.55. The molecular formula is C26H28FNO2. The van der Waals surface area contributed by atoms with Crippen LogP contribution in [0.3, 0.4) is 0 Å². The standard InChI is InChI=1S/C26H28FNO2/c1-26-10-9-21-20-8-6-19(27)13-16(20)5-7-22(21)23(26)14-18(24(26)29)12-15-3-2-4-17(11-15)25(28)30/h2-4,6,8,11-13,21-24,29H,5,7,9-10,14H2,1H3,(H2,28,30)/b18-12+. The molecule has 0 bridgehead atoms. The maximum atomic E-state index is 13.7. The molecule has 0 radical (unpaired) electrons. The van der Waals surface area contributed by atoms with Gasteiger partial charge in [-0.1, -0.05) is 31.2 Å². The number of rotatable bonds is 2. The minimum absolute atomic E-state index is 0.133. The highest BCUT2D eigenvalue weighted by Crippen LogP contribution is 2.62. The second-order valence-electron chi connectivity index (χ2n) is 9.62. The summed E-state index contributed by atoms with van der Waals surface area (Å²) in [7, 11) is 0. The van der Waals surface area contributed by atoms with Crippen LogP contribution >= 0.6 is 0 Å². The van der Waals surface area contributed by atoms with Crippen LogP contribution in [0, 0.1) is 23.1 Å². The van der Waals surface area contributed by atoms with E-state index < -0.39 is 12.0 Å². The first-order chi connectivity index (χ1) is 14.4. The maximum Gasteiger partial charge on any atom is 0.248 e. The molecule has 156 valence electrons. The molecule has 4 heteroatoms. The first-order valence-corrected chi connectivity index (χ1v) is 10.9. The Balaban J connectivity index is 1.47. The second-order valence-corrected chi connectivity index (χ2v) is 9.62. The lowest BCUT2D eigenvalue weighted by molar-refractivity contribution is -0.0158. The first-order valence-electron chi connectivity index (χ1n) is 10.9. The van der Waals surface area contributed by atoms with Crippen molar-refractivity contribution in [1.29, 1.82) is 0 Å². The Morgan fingerprint density at radius 1 is 1.23 bits per heavy atom. The zero-order chi connectivity index (χ0) is 21.0. The Kier molecular flexibility index (Phi) is 4.59. The van der Waals surface area contributed by atoms with Crippen molar-refractivity contribution in [3.05, 3.63) is 76.1 Å². The number of primary amides is 1. The van der Waals surface area contributed by atoms with Gasteiger partial charge in [0.15, 0.2) is 0 Å². The normalized spacial score (nSPS) is 33.6. The number of benzene rings is 2. The summed E-state index contributed by atoms with van der Waals surface area (Å²) < 4.78 is 13.7. The molecule has 2 saturated carbocycles. The molecule has 0 heterocycles. The number of carbonyl (C=O) groups excluding carboxylic acids is 1. The Morgan fingerprint density at radius 3 is 2.87 bits per heavy atom. The molecular weight excluding hydrogens is 377 g/mol. The number of amides is 1. The van der Waals surface area contributed by atoms with Gasteiger partial charge in [0.05, 0.1) is 6.10 Å². The van der Waals surface area contributed by atoms with E-state index in [1.165, 1.54) is 5.56 Å². The zero-order valence-corrected chi connectivity index (χ0v) is 17.3. The van der Waals surface area contributed by atoms with Crippen LogP contribution in [-0.2, 0) is 6.42 Å². The van der Waals surface area contributed by atoms with Crippen LogP contribution in [0.25, 0.3) is 6.08 Å². The Labute approximate surface area is 176 Å². The largest absolute Gasteiger partial charge is 0.388 e. The quantitative estimate of drug-likeness (QED) is 0.751. The van der Waals surface area contributed by atoms with Crippen LogP contribution in [0.4, 0.5) is 4.39 Å². The van der Waals surface area contributed by atoms with Gasteiger partial charge in [0, 0.05) is 11.0 Å². The molecule has 2 fully saturated rings. The molecule has 0 saturated heterocycles. The van der Waals surface area contributed by atoms with Gasteiger partial charge in [0.1, 0.15) is 5.82 Å². The molecule has 3 aliphatic carbocycles. The van der Waals surface area contributed by atoms with Gasteiger partial charge in [-0.05, 0) is 96.4 Å². The van der Waals surface area contributed by atoms with E-state index in [-0.39, 0.29) is 11.2 Å². The molecule has 5 rings (SSSR count). The highest BCUT2D eigenvalue weighted by molar-refractivity contribution is 5.93. The van der Waals surface area contributed by atoms with Gasteiger partial charge >= 0.3 is 0 Å². The van der Waals surface area contributed by atoms with Crippen molar-refractivity contribution in [2.24, 2.45) is 23.0 Å². The molecule has 0 aromatic heterocycles. The summed E-state index contributed by atoms with van der Waals surface area (Å²) in [6.07, 6.45) is 6.41. The van der Waals surface area contributed by atoms with Gasteiger partial charge < -0.3 is 10.8 Å². The van der Waals surface area contributed by atoms with Crippen LogP contribution in [-0.4, -0.2) is 17.1 Å². The fraction of sp³-hybridized carbons (Fsp3) is 0.423. The molecule has 0 spiro atoms. The van der Waals surface area contributed by atoms with Gasteiger partial charge in [-0.3, -0.25) is 4.79 Å². The van der Waals surface area contributed by atoms with Gasteiger partial charge in [-0.2, -0.15) is 0 Å². The number of nitrogens with two attached hydrogens (primary N) is 1. The van der Waals surface area contributed by atoms with Crippen molar-refractivity contribution in [2.75, 3.05) is 0 Å². The maximum absolute atomic E-state index is 13.7. The molecule has 5 atom stereocenters. The third-order valence-electron chi connectivity index (χ3n) is 8.08. The highest BCUT2D eigenvalue weighted by atomic mass is 19.1. The van der Waals surface area contributed by atoms with Gasteiger partial charge in [0.25, 0.3) is 0 Å². The molecule has 2 aromatic rings. The lowest BCUT2D eigenvalue weighted by atomic mass is 9.55. The van der Waals surface area contributed by atoms with Gasteiger partial charge in [-0.25, -0.2) is 4.39 Å². The lowest BCUT2D eigenvalue weighted by Gasteiger charge is -2.49. The summed E-state index contributed by atoms with van der Waals surface area (Å²) in [6.45, 7) is 2.24. The van der Waals surface area contributed by atoms with Gasteiger partial charge in [-0.15, -0.1) is 0 Å². The Morgan fingerprint density at radius 2 is 2.07 bits per heavy atom. The van der Waals surface area contributed by atoms with Crippen LogP contribution in [0.2, 0.25) is 0 Å². The predicted octanol–water partition coefficient (Wildman–Crippen LogP) is 4.84. The molecule has 0 aliphatic heterocycles. The van der Waals surface area contributed by atoms with Crippen LogP contribution in [0.5, 0.6) is 0 Å². The van der Waals surface area contributed by atoms with E-state index in [9.17, 15) is 14.3 Å². The number of aryl methyl sites for hydroxylation is 1. The van der Waals surface area contributed by atoms with E-state index in [0.717, 1.165) is 48.8 Å². The van der Waals surface area contributed by atoms with Gasteiger partial charge in [0.2, 0.25) is 5.91 Å². The zero-order valence-electron chi connectivity index (χ0n) is 17.3. The smallest absolute Gasteiger partial charge is 0.248 e. The second kappa shape index (κ2) is 7.05. The summed E-state index contributed by atoms with van der Waals surface area (Å²) in [6, 6.07) is 12.6. The minimum Gasteiger partial charge on any atom is -0.388 e. The SMILES string of the molecule is CC12CCC3c4ccc(F)cc4CCC3C1C/C(=C\c1cccc(C(N)=O)c1)C2O. The number of fused-ring (bicyclic) bond motifs is 5. The monoisotopic (exact) mass is 405 g/mol. The molecule has 3 nitrogen and oxygen atoms in total. The summed E-state index contributed by atoms with van der Waals surface area (Å²) in [5.74, 6) is 0.793.